The maximum absolute atomic E-state index is 13.8. The number of aromatic nitrogens is 2. The van der Waals surface area contributed by atoms with Crippen LogP contribution >= 0.6 is 0 Å². The van der Waals surface area contributed by atoms with Gasteiger partial charge in [0, 0.05) is 18.7 Å². The van der Waals surface area contributed by atoms with Gasteiger partial charge in [0.25, 0.3) is 0 Å². The average Bonchev–Trinajstić information content (AvgIpc) is 3.08. The molecule has 1 aliphatic rings. The van der Waals surface area contributed by atoms with Crippen molar-refractivity contribution in [2.75, 3.05) is 11.9 Å². The van der Waals surface area contributed by atoms with E-state index in [0.29, 0.717) is 6.54 Å². The molecule has 0 radical (unpaired) electrons. The summed E-state index contributed by atoms with van der Waals surface area (Å²) in [6.07, 6.45) is 3.37. The van der Waals surface area contributed by atoms with Crippen LogP contribution in [0.3, 0.4) is 0 Å². The molecule has 0 bridgehead atoms. The summed E-state index contributed by atoms with van der Waals surface area (Å²) in [5.74, 6) is -1.10. The summed E-state index contributed by atoms with van der Waals surface area (Å²) >= 11 is 0. The highest BCUT2D eigenvalue weighted by Gasteiger charge is 2.30. The molecular weight excluding hydrogens is 402 g/mol. The SMILES string of the molecule is CC(C)(C)S(=O)(=O)NC[C@H]1CC[C@H](Nc2nc(-c3ccc(F)cc3F)no2)CC1. The molecule has 0 atom stereocenters. The number of benzene rings is 1. The molecule has 3 rings (SSSR count). The van der Waals surface area contributed by atoms with Gasteiger partial charge in [-0.25, -0.2) is 21.9 Å². The van der Waals surface area contributed by atoms with Crippen molar-refractivity contribution in [3.63, 3.8) is 0 Å². The van der Waals surface area contributed by atoms with Crippen LogP contribution in [0.5, 0.6) is 0 Å². The topological polar surface area (TPSA) is 97.1 Å². The lowest BCUT2D eigenvalue weighted by molar-refractivity contribution is 0.329. The average molecular weight is 429 g/mol. The molecule has 0 spiro atoms. The summed E-state index contributed by atoms with van der Waals surface area (Å²) < 4.78 is 58.2. The van der Waals surface area contributed by atoms with E-state index in [1.165, 1.54) is 6.07 Å². The van der Waals surface area contributed by atoms with Crippen molar-refractivity contribution in [2.24, 2.45) is 5.92 Å². The van der Waals surface area contributed by atoms with Gasteiger partial charge in [-0.1, -0.05) is 5.16 Å². The summed E-state index contributed by atoms with van der Waals surface area (Å²) in [5, 5.41) is 6.89. The Balaban J connectivity index is 1.51. The van der Waals surface area contributed by atoms with Crippen LogP contribution in [0.1, 0.15) is 46.5 Å². The van der Waals surface area contributed by atoms with E-state index in [4.69, 9.17) is 4.52 Å². The predicted molar refractivity (Wildman–Crippen MR) is 106 cm³/mol. The van der Waals surface area contributed by atoms with Crippen molar-refractivity contribution in [3.05, 3.63) is 29.8 Å². The molecule has 7 nitrogen and oxygen atoms in total. The molecule has 1 aromatic carbocycles. The molecule has 1 heterocycles. The van der Waals surface area contributed by atoms with Crippen LogP contribution in [0.2, 0.25) is 0 Å². The standard InChI is InChI=1S/C19H26F2N4O3S/c1-19(2,3)29(26,27)22-11-12-4-7-14(8-5-12)23-18-24-17(25-28-18)15-9-6-13(20)10-16(15)21/h6,9-10,12,14,22H,4-5,7-8,11H2,1-3H3,(H,23,24,25)/t12-,14-. The van der Waals surface area contributed by atoms with Gasteiger partial charge in [0.15, 0.2) is 0 Å². The smallest absolute Gasteiger partial charge is 0.322 e. The van der Waals surface area contributed by atoms with Crippen LogP contribution in [0.15, 0.2) is 22.7 Å². The number of nitrogens with zero attached hydrogens (tertiary/aromatic N) is 2. The fourth-order valence-electron chi connectivity index (χ4n) is 3.19. The van der Waals surface area contributed by atoms with Crippen molar-refractivity contribution in [1.29, 1.82) is 0 Å². The molecule has 2 N–H and O–H groups in total. The number of hydrogen-bond acceptors (Lipinski definition) is 6. The highest BCUT2D eigenvalue weighted by Crippen LogP contribution is 2.28. The van der Waals surface area contributed by atoms with Crippen LogP contribution in [0.25, 0.3) is 11.4 Å². The van der Waals surface area contributed by atoms with Gasteiger partial charge >= 0.3 is 6.01 Å². The number of nitrogens with one attached hydrogen (secondary N) is 2. The maximum atomic E-state index is 13.8. The summed E-state index contributed by atoms with van der Waals surface area (Å²) in [5.41, 5.74) is 0.0676. The Morgan fingerprint density at radius 1 is 1.17 bits per heavy atom. The van der Waals surface area contributed by atoms with Crippen LogP contribution in [-0.4, -0.2) is 35.9 Å². The highest BCUT2D eigenvalue weighted by molar-refractivity contribution is 7.90. The number of hydrogen-bond donors (Lipinski definition) is 2. The van der Waals surface area contributed by atoms with Crippen LogP contribution in [0.4, 0.5) is 14.8 Å². The van der Waals surface area contributed by atoms with Gasteiger partial charge in [-0.15, -0.1) is 0 Å². The Labute approximate surface area is 169 Å². The third kappa shape index (κ3) is 5.30. The number of sulfonamides is 1. The minimum atomic E-state index is -3.34. The first-order chi connectivity index (χ1) is 13.5. The summed E-state index contributed by atoms with van der Waals surface area (Å²) in [4.78, 5) is 4.14. The molecule has 29 heavy (non-hydrogen) atoms. The lowest BCUT2D eigenvalue weighted by Gasteiger charge is -2.29. The predicted octanol–water partition coefficient (Wildman–Crippen LogP) is 3.70. The zero-order valence-electron chi connectivity index (χ0n) is 16.7. The lowest BCUT2D eigenvalue weighted by Crippen LogP contribution is -2.42. The Morgan fingerprint density at radius 3 is 2.48 bits per heavy atom. The molecular formula is C19H26F2N4O3S. The van der Waals surface area contributed by atoms with E-state index in [-0.39, 0.29) is 29.4 Å². The van der Waals surface area contributed by atoms with Gasteiger partial charge in [-0.05, 0) is 64.5 Å². The first-order valence-corrected chi connectivity index (χ1v) is 11.1. The molecule has 0 saturated heterocycles. The second kappa shape index (κ2) is 8.35. The molecule has 2 aromatic rings. The number of halogens is 2. The number of rotatable bonds is 6. The Bertz CT molecular complexity index is 949. The quantitative estimate of drug-likeness (QED) is 0.728. The molecule has 0 unspecified atom stereocenters. The molecule has 10 heteroatoms. The molecule has 0 amide bonds. The first-order valence-electron chi connectivity index (χ1n) is 9.60. The minimum Gasteiger partial charge on any atom is -0.335 e. The summed E-state index contributed by atoms with van der Waals surface area (Å²) in [6.45, 7) is 5.45. The first kappa shape index (κ1) is 21.6. The van der Waals surface area contributed by atoms with E-state index in [1.54, 1.807) is 20.8 Å². The monoisotopic (exact) mass is 428 g/mol. The summed E-state index contributed by atoms with van der Waals surface area (Å²) in [6, 6.07) is 3.46. The molecule has 160 valence electrons. The highest BCUT2D eigenvalue weighted by atomic mass is 32.2. The van der Waals surface area contributed by atoms with Crippen molar-refractivity contribution >= 4 is 16.0 Å². The Morgan fingerprint density at radius 2 is 1.86 bits per heavy atom. The second-order valence-electron chi connectivity index (χ2n) is 8.37. The van der Waals surface area contributed by atoms with E-state index in [0.717, 1.165) is 37.8 Å². The van der Waals surface area contributed by atoms with E-state index >= 15 is 0 Å². The van der Waals surface area contributed by atoms with E-state index in [1.807, 2.05) is 0 Å². The van der Waals surface area contributed by atoms with Gasteiger partial charge in [0.1, 0.15) is 11.6 Å². The van der Waals surface area contributed by atoms with Gasteiger partial charge in [-0.3, -0.25) is 0 Å². The zero-order valence-corrected chi connectivity index (χ0v) is 17.5. The van der Waals surface area contributed by atoms with Crippen molar-refractivity contribution in [1.82, 2.24) is 14.9 Å². The lowest BCUT2D eigenvalue weighted by atomic mass is 9.86. The molecule has 1 fully saturated rings. The zero-order chi connectivity index (χ0) is 21.2. The van der Waals surface area contributed by atoms with E-state index in [9.17, 15) is 17.2 Å². The van der Waals surface area contributed by atoms with Crippen LogP contribution in [-0.2, 0) is 10.0 Å². The molecule has 1 saturated carbocycles. The van der Waals surface area contributed by atoms with Gasteiger partial charge in [-0.2, -0.15) is 4.98 Å². The van der Waals surface area contributed by atoms with Crippen molar-refractivity contribution < 1.29 is 21.7 Å². The van der Waals surface area contributed by atoms with E-state index < -0.39 is 26.4 Å². The van der Waals surface area contributed by atoms with Crippen molar-refractivity contribution in [2.45, 2.75) is 57.2 Å². The van der Waals surface area contributed by atoms with E-state index in [2.05, 4.69) is 20.2 Å². The summed E-state index contributed by atoms with van der Waals surface area (Å²) in [7, 11) is -3.34. The fraction of sp³-hybridized carbons (Fsp3) is 0.579. The maximum Gasteiger partial charge on any atom is 0.322 e. The fourth-order valence-corrected chi connectivity index (χ4v) is 4.08. The van der Waals surface area contributed by atoms with Gasteiger partial charge in [0.05, 0.1) is 10.3 Å². The van der Waals surface area contributed by atoms with Crippen LogP contribution < -0.4 is 10.0 Å². The molecule has 0 aliphatic heterocycles. The molecule has 1 aromatic heterocycles. The third-order valence-electron chi connectivity index (χ3n) is 5.14. The van der Waals surface area contributed by atoms with Crippen LogP contribution in [0, 0.1) is 17.6 Å². The largest absolute Gasteiger partial charge is 0.335 e. The van der Waals surface area contributed by atoms with Gasteiger partial charge < -0.3 is 9.84 Å². The molecule has 1 aliphatic carbocycles. The third-order valence-corrected chi connectivity index (χ3v) is 7.30. The number of anilines is 1. The van der Waals surface area contributed by atoms with Gasteiger partial charge in [0.2, 0.25) is 15.8 Å². The Kier molecular flexibility index (Phi) is 6.23. The second-order valence-corrected chi connectivity index (χ2v) is 10.9. The van der Waals surface area contributed by atoms with Crippen molar-refractivity contribution in [3.8, 4) is 11.4 Å². The minimum absolute atomic E-state index is 0.0512. The normalized spacial score (nSPS) is 20.6. The Hall–Kier alpha value is -2.07.